The Bertz CT molecular complexity index is 591. The minimum atomic E-state index is -0.953. The SMILES string of the molecule is O=C(O)c1ccccc1COc1c(Br)cccc1Br. The summed E-state index contributed by atoms with van der Waals surface area (Å²) < 4.78 is 7.32. The zero-order valence-corrected chi connectivity index (χ0v) is 12.9. The predicted molar refractivity (Wildman–Crippen MR) is 79.6 cm³/mol. The number of halogens is 2. The molecule has 0 heterocycles. The Morgan fingerprint density at radius 1 is 1.05 bits per heavy atom. The van der Waals surface area contributed by atoms with Crippen molar-refractivity contribution in [3.05, 3.63) is 62.5 Å². The number of ether oxygens (including phenoxy) is 1. The van der Waals surface area contributed by atoms with Crippen LogP contribution in [0, 0.1) is 0 Å². The normalized spacial score (nSPS) is 10.2. The molecule has 0 aliphatic heterocycles. The number of para-hydroxylation sites is 1. The zero-order chi connectivity index (χ0) is 13.8. The second-order valence-electron chi connectivity index (χ2n) is 3.80. The van der Waals surface area contributed by atoms with E-state index in [0.717, 1.165) is 8.95 Å². The molecule has 0 amide bonds. The number of hydrogen-bond acceptors (Lipinski definition) is 2. The Morgan fingerprint density at radius 2 is 1.68 bits per heavy atom. The van der Waals surface area contributed by atoms with Crippen LogP contribution < -0.4 is 4.74 Å². The molecule has 0 bridgehead atoms. The van der Waals surface area contributed by atoms with Crippen LogP contribution in [0.2, 0.25) is 0 Å². The number of aromatic carboxylic acids is 1. The fraction of sp³-hybridized carbons (Fsp3) is 0.0714. The highest BCUT2D eigenvalue weighted by atomic mass is 79.9. The average Bonchev–Trinajstić information content (AvgIpc) is 2.38. The van der Waals surface area contributed by atoms with Gasteiger partial charge in [0.05, 0.1) is 14.5 Å². The third kappa shape index (κ3) is 3.36. The number of carboxylic acids is 1. The third-order valence-corrected chi connectivity index (χ3v) is 3.79. The predicted octanol–water partition coefficient (Wildman–Crippen LogP) is 4.49. The number of carbonyl (C=O) groups is 1. The van der Waals surface area contributed by atoms with Crippen molar-refractivity contribution >= 4 is 37.8 Å². The molecule has 19 heavy (non-hydrogen) atoms. The molecule has 0 saturated carbocycles. The van der Waals surface area contributed by atoms with E-state index in [1.54, 1.807) is 24.3 Å². The first-order valence-corrected chi connectivity index (χ1v) is 7.06. The van der Waals surface area contributed by atoms with Gasteiger partial charge in [-0.2, -0.15) is 0 Å². The lowest BCUT2D eigenvalue weighted by atomic mass is 10.1. The van der Waals surface area contributed by atoms with Crippen LogP contribution in [0.15, 0.2) is 51.4 Å². The second-order valence-corrected chi connectivity index (χ2v) is 5.51. The molecule has 2 aromatic rings. The van der Waals surface area contributed by atoms with Crippen molar-refractivity contribution in [3.63, 3.8) is 0 Å². The van der Waals surface area contributed by atoms with Crippen LogP contribution >= 0.6 is 31.9 Å². The van der Waals surface area contributed by atoms with Crippen LogP contribution in [-0.4, -0.2) is 11.1 Å². The van der Waals surface area contributed by atoms with Crippen molar-refractivity contribution < 1.29 is 14.6 Å². The fourth-order valence-corrected chi connectivity index (χ4v) is 2.85. The van der Waals surface area contributed by atoms with E-state index < -0.39 is 5.97 Å². The Hall–Kier alpha value is -1.33. The molecule has 0 saturated heterocycles. The average molecular weight is 386 g/mol. The van der Waals surface area contributed by atoms with Gasteiger partial charge in [0.15, 0.2) is 0 Å². The van der Waals surface area contributed by atoms with E-state index in [0.29, 0.717) is 11.3 Å². The molecule has 0 atom stereocenters. The molecule has 1 N–H and O–H groups in total. The Labute approximate surface area is 127 Å². The summed E-state index contributed by atoms with van der Waals surface area (Å²) in [5.74, 6) is -0.298. The molecule has 0 aliphatic rings. The van der Waals surface area contributed by atoms with Gasteiger partial charge in [0.25, 0.3) is 0 Å². The van der Waals surface area contributed by atoms with E-state index in [1.165, 1.54) is 0 Å². The highest BCUT2D eigenvalue weighted by Gasteiger charge is 2.11. The van der Waals surface area contributed by atoms with Crippen molar-refractivity contribution in [1.82, 2.24) is 0 Å². The maximum Gasteiger partial charge on any atom is 0.336 e. The Balaban J connectivity index is 2.22. The van der Waals surface area contributed by atoms with Crippen molar-refractivity contribution in [3.8, 4) is 5.75 Å². The van der Waals surface area contributed by atoms with E-state index >= 15 is 0 Å². The summed E-state index contributed by atoms with van der Waals surface area (Å²) in [7, 11) is 0. The quantitative estimate of drug-likeness (QED) is 0.843. The molecular formula is C14H10Br2O3. The van der Waals surface area contributed by atoms with E-state index in [-0.39, 0.29) is 12.2 Å². The molecule has 3 nitrogen and oxygen atoms in total. The van der Waals surface area contributed by atoms with Gasteiger partial charge in [-0.1, -0.05) is 24.3 Å². The number of benzene rings is 2. The van der Waals surface area contributed by atoms with Gasteiger partial charge in [0, 0.05) is 5.56 Å². The first-order chi connectivity index (χ1) is 9.09. The van der Waals surface area contributed by atoms with Gasteiger partial charge in [-0.05, 0) is 50.1 Å². The van der Waals surface area contributed by atoms with Gasteiger partial charge in [0.1, 0.15) is 12.4 Å². The molecule has 0 aliphatic carbocycles. The Kier molecular flexibility index (Phi) is 4.61. The van der Waals surface area contributed by atoms with Crippen LogP contribution in [0.4, 0.5) is 0 Å². The van der Waals surface area contributed by atoms with Gasteiger partial charge in [-0.15, -0.1) is 0 Å². The van der Waals surface area contributed by atoms with Crippen molar-refractivity contribution in [2.75, 3.05) is 0 Å². The van der Waals surface area contributed by atoms with Crippen LogP contribution in [0.3, 0.4) is 0 Å². The lowest BCUT2D eigenvalue weighted by Gasteiger charge is -2.11. The largest absolute Gasteiger partial charge is 0.487 e. The number of rotatable bonds is 4. The summed E-state index contributed by atoms with van der Waals surface area (Å²) in [6, 6.07) is 12.4. The standard InChI is InChI=1S/C14H10Br2O3/c15-11-6-3-7-12(16)13(11)19-8-9-4-1-2-5-10(9)14(17)18/h1-7H,8H2,(H,17,18). The molecular weight excluding hydrogens is 376 g/mol. The van der Waals surface area contributed by atoms with Crippen molar-refractivity contribution in [2.24, 2.45) is 0 Å². The molecule has 0 radical (unpaired) electrons. The molecule has 0 aromatic heterocycles. The molecule has 98 valence electrons. The first kappa shape index (κ1) is 14.1. The smallest absolute Gasteiger partial charge is 0.336 e. The summed E-state index contributed by atoms with van der Waals surface area (Å²) in [6.07, 6.45) is 0. The van der Waals surface area contributed by atoms with E-state index in [2.05, 4.69) is 31.9 Å². The molecule has 5 heteroatoms. The summed E-state index contributed by atoms with van der Waals surface area (Å²) in [6.45, 7) is 0.198. The molecule has 2 aromatic carbocycles. The molecule has 0 spiro atoms. The lowest BCUT2D eigenvalue weighted by Crippen LogP contribution is -2.05. The second kappa shape index (κ2) is 6.21. The third-order valence-electron chi connectivity index (χ3n) is 2.54. The van der Waals surface area contributed by atoms with Gasteiger partial charge in [0.2, 0.25) is 0 Å². The highest BCUT2D eigenvalue weighted by Crippen LogP contribution is 2.33. The van der Waals surface area contributed by atoms with E-state index in [4.69, 9.17) is 9.84 Å². The monoisotopic (exact) mass is 384 g/mol. The minimum absolute atomic E-state index is 0.198. The van der Waals surface area contributed by atoms with Crippen LogP contribution in [0.5, 0.6) is 5.75 Å². The zero-order valence-electron chi connectivity index (χ0n) is 9.77. The first-order valence-electron chi connectivity index (χ1n) is 5.47. The Morgan fingerprint density at radius 3 is 2.32 bits per heavy atom. The lowest BCUT2D eigenvalue weighted by molar-refractivity contribution is 0.0694. The van der Waals surface area contributed by atoms with Crippen LogP contribution in [0.1, 0.15) is 15.9 Å². The van der Waals surface area contributed by atoms with Crippen LogP contribution in [0.25, 0.3) is 0 Å². The number of hydrogen-bond donors (Lipinski definition) is 1. The van der Waals surface area contributed by atoms with Crippen LogP contribution in [-0.2, 0) is 6.61 Å². The van der Waals surface area contributed by atoms with Crippen molar-refractivity contribution in [2.45, 2.75) is 6.61 Å². The molecule has 0 fully saturated rings. The van der Waals surface area contributed by atoms with E-state index in [1.807, 2.05) is 18.2 Å². The molecule has 2 rings (SSSR count). The summed E-state index contributed by atoms with van der Waals surface area (Å²) in [5, 5.41) is 9.10. The van der Waals surface area contributed by atoms with Gasteiger partial charge < -0.3 is 9.84 Å². The topological polar surface area (TPSA) is 46.5 Å². The van der Waals surface area contributed by atoms with Gasteiger partial charge in [-0.25, -0.2) is 4.79 Å². The van der Waals surface area contributed by atoms with E-state index in [9.17, 15) is 4.79 Å². The maximum atomic E-state index is 11.1. The minimum Gasteiger partial charge on any atom is -0.487 e. The maximum absolute atomic E-state index is 11.1. The number of carboxylic acid groups (broad SMARTS) is 1. The van der Waals surface area contributed by atoms with Crippen molar-refractivity contribution in [1.29, 1.82) is 0 Å². The summed E-state index contributed by atoms with van der Waals surface area (Å²) in [4.78, 5) is 11.1. The summed E-state index contributed by atoms with van der Waals surface area (Å²) in [5.41, 5.74) is 0.892. The fourth-order valence-electron chi connectivity index (χ4n) is 1.63. The highest BCUT2D eigenvalue weighted by molar-refractivity contribution is 9.11. The van der Waals surface area contributed by atoms with Gasteiger partial charge in [-0.3, -0.25) is 0 Å². The van der Waals surface area contributed by atoms with Gasteiger partial charge >= 0.3 is 5.97 Å². The molecule has 0 unspecified atom stereocenters. The summed E-state index contributed by atoms with van der Waals surface area (Å²) >= 11 is 6.79.